The van der Waals surface area contributed by atoms with Crippen molar-refractivity contribution >= 4 is 52.3 Å². The van der Waals surface area contributed by atoms with E-state index in [0.29, 0.717) is 0 Å². The van der Waals surface area contributed by atoms with Gasteiger partial charge in [0.05, 0.1) is 13.2 Å². The summed E-state index contributed by atoms with van der Waals surface area (Å²) in [7, 11) is 1.86. The molecular weight excluding hydrogens is 525 g/mol. The Labute approximate surface area is 205 Å². The van der Waals surface area contributed by atoms with Gasteiger partial charge in [-0.25, -0.2) is 4.98 Å². The summed E-state index contributed by atoms with van der Waals surface area (Å²) in [6.07, 6.45) is 0.888. The first-order valence-corrected chi connectivity index (χ1v) is 11.5. The Morgan fingerprint density at radius 3 is 2.52 bits per heavy atom. The van der Waals surface area contributed by atoms with Crippen LogP contribution in [0, 0.1) is 0 Å². The van der Waals surface area contributed by atoms with Crippen LogP contribution in [0.1, 0.15) is 18.3 Å². The minimum absolute atomic E-state index is 0. The summed E-state index contributed by atoms with van der Waals surface area (Å²) >= 11 is 1.51. The third-order valence-electron chi connectivity index (χ3n) is 5.62. The van der Waals surface area contributed by atoms with Crippen LogP contribution in [0.25, 0.3) is 0 Å². The van der Waals surface area contributed by atoms with E-state index < -0.39 is 0 Å². The van der Waals surface area contributed by atoms with Crippen molar-refractivity contribution in [3.05, 3.63) is 35.7 Å². The van der Waals surface area contributed by atoms with Gasteiger partial charge >= 0.3 is 0 Å². The Kier molecular flexibility index (Phi) is 9.15. The number of aliphatic imine (C=N–C) groups is 1. The molecule has 0 amide bonds. The third kappa shape index (κ3) is 5.98. The van der Waals surface area contributed by atoms with Gasteiger partial charge in [-0.05, 0) is 11.6 Å². The summed E-state index contributed by atoms with van der Waals surface area (Å²) in [6, 6.07) is 8.62. The molecule has 1 aromatic carbocycles. The lowest BCUT2D eigenvalue weighted by Crippen LogP contribution is -2.52. The molecule has 31 heavy (non-hydrogen) atoms. The van der Waals surface area contributed by atoms with Gasteiger partial charge in [-0.3, -0.25) is 4.99 Å². The van der Waals surface area contributed by atoms with Crippen molar-refractivity contribution in [3.63, 3.8) is 0 Å². The zero-order valence-corrected chi connectivity index (χ0v) is 21.4. The third-order valence-corrected chi connectivity index (χ3v) is 6.43. The van der Waals surface area contributed by atoms with Crippen molar-refractivity contribution < 1.29 is 4.74 Å². The molecule has 2 aliphatic heterocycles. The van der Waals surface area contributed by atoms with E-state index in [0.717, 1.165) is 82.4 Å². The molecule has 1 aromatic heterocycles. The Morgan fingerprint density at radius 1 is 1.10 bits per heavy atom. The Bertz CT molecular complexity index is 848. The van der Waals surface area contributed by atoms with E-state index in [2.05, 4.69) is 65.6 Å². The molecule has 10 heteroatoms. The van der Waals surface area contributed by atoms with Crippen LogP contribution in [0.15, 0.2) is 29.3 Å². The van der Waals surface area contributed by atoms with Gasteiger partial charge in [0.1, 0.15) is 5.82 Å². The van der Waals surface area contributed by atoms with Gasteiger partial charge in [0, 0.05) is 76.5 Å². The van der Waals surface area contributed by atoms with Crippen LogP contribution in [0.5, 0.6) is 0 Å². The molecule has 0 unspecified atom stereocenters. The second-order valence-corrected chi connectivity index (χ2v) is 8.18. The molecule has 0 atom stereocenters. The van der Waals surface area contributed by atoms with Crippen molar-refractivity contribution in [1.82, 2.24) is 19.6 Å². The van der Waals surface area contributed by atoms with E-state index in [1.165, 1.54) is 22.8 Å². The number of rotatable bonds is 5. The molecule has 2 aromatic rings. The van der Waals surface area contributed by atoms with Crippen LogP contribution in [-0.4, -0.2) is 79.7 Å². The fraction of sp³-hybridized carbons (Fsp3) is 0.571. The number of nitrogens with one attached hydrogen (secondary N) is 1. The number of hydrogen-bond donors (Lipinski definition) is 1. The Morgan fingerprint density at radius 2 is 1.84 bits per heavy atom. The van der Waals surface area contributed by atoms with Crippen molar-refractivity contribution in [2.24, 2.45) is 4.99 Å². The molecule has 2 fully saturated rings. The Balaban J connectivity index is 0.00000272. The average Bonchev–Trinajstić information content (AvgIpc) is 3.30. The summed E-state index contributed by atoms with van der Waals surface area (Å²) in [4.78, 5) is 16.2. The molecular formula is C21H32IN7OS. The molecule has 4 rings (SSSR count). The number of hydrogen-bond acceptors (Lipinski definition) is 7. The van der Waals surface area contributed by atoms with E-state index in [1.54, 1.807) is 0 Å². The molecule has 170 valence electrons. The van der Waals surface area contributed by atoms with Crippen LogP contribution in [-0.2, 0) is 17.7 Å². The monoisotopic (exact) mass is 557 g/mol. The van der Waals surface area contributed by atoms with Gasteiger partial charge in [0.25, 0.3) is 0 Å². The predicted octanol–water partition coefficient (Wildman–Crippen LogP) is 2.45. The molecule has 2 aliphatic rings. The first kappa shape index (κ1) is 24.0. The van der Waals surface area contributed by atoms with Gasteiger partial charge in [0.15, 0.2) is 5.96 Å². The number of piperazine rings is 1. The molecule has 0 aliphatic carbocycles. The van der Waals surface area contributed by atoms with Crippen molar-refractivity contribution in [2.45, 2.75) is 19.9 Å². The number of halogens is 1. The van der Waals surface area contributed by atoms with Crippen molar-refractivity contribution in [2.75, 3.05) is 69.3 Å². The molecule has 2 saturated heterocycles. The van der Waals surface area contributed by atoms with E-state index in [1.807, 2.05) is 7.05 Å². The Hall–Kier alpha value is -1.66. The number of benzene rings is 1. The largest absolute Gasteiger partial charge is 0.378 e. The molecule has 8 nitrogen and oxygen atoms in total. The highest BCUT2D eigenvalue weighted by Crippen LogP contribution is 2.22. The normalized spacial score (nSPS) is 17.5. The van der Waals surface area contributed by atoms with Crippen molar-refractivity contribution in [3.8, 4) is 0 Å². The number of aryl methyl sites for hydroxylation is 1. The molecule has 3 heterocycles. The number of nitrogens with zero attached hydrogens (tertiary/aromatic N) is 6. The lowest BCUT2D eigenvalue weighted by Gasteiger charge is -2.36. The SMILES string of the molecule is CCc1nsc(N2CCN(C(=NC)NCc3ccccc3N3CCOCC3)CC2)n1.I. The van der Waals surface area contributed by atoms with Gasteiger partial charge in [0.2, 0.25) is 5.13 Å². The van der Waals surface area contributed by atoms with E-state index >= 15 is 0 Å². The van der Waals surface area contributed by atoms with Crippen LogP contribution in [0.3, 0.4) is 0 Å². The minimum atomic E-state index is 0. The lowest BCUT2D eigenvalue weighted by molar-refractivity contribution is 0.122. The van der Waals surface area contributed by atoms with Crippen LogP contribution < -0.4 is 15.1 Å². The highest BCUT2D eigenvalue weighted by molar-refractivity contribution is 14.0. The van der Waals surface area contributed by atoms with Gasteiger partial charge in [-0.1, -0.05) is 25.1 Å². The maximum Gasteiger partial charge on any atom is 0.205 e. The van der Waals surface area contributed by atoms with Crippen LogP contribution >= 0.6 is 35.5 Å². The standard InChI is InChI=1S/C21H31N7OS.HI/c1-3-19-24-21(30-25-19)28-10-8-27(9-11-28)20(22-2)23-16-17-6-4-5-7-18(17)26-12-14-29-15-13-26;/h4-7H,3,8-16H2,1-2H3,(H,22,23);1H. The second kappa shape index (κ2) is 11.8. The highest BCUT2D eigenvalue weighted by Gasteiger charge is 2.22. The maximum atomic E-state index is 5.51. The number of morpholine rings is 1. The number of para-hydroxylation sites is 1. The summed E-state index contributed by atoms with van der Waals surface area (Å²) < 4.78 is 9.93. The fourth-order valence-electron chi connectivity index (χ4n) is 3.91. The van der Waals surface area contributed by atoms with Gasteiger partial charge < -0.3 is 24.8 Å². The summed E-state index contributed by atoms with van der Waals surface area (Å²) in [5, 5.41) is 4.61. The molecule has 0 saturated carbocycles. The smallest absolute Gasteiger partial charge is 0.205 e. The highest BCUT2D eigenvalue weighted by atomic mass is 127. The first-order chi connectivity index (χ1) is 14.8. The number of guanidine groups is 1. The molecule has 1 N–H and O–H groups in total. The van der Waals surface area contributed by atoms with E-state index in [-0.39, 0.29) is 24.0 Å². The van der Waals surface area contributed by atoms with Crippen LogP contribution in [0.2, 0.25) is 0 Å². The van der Waals surface area contributed by atoms with E-state index in [9.17, 15) is 0 Å². The lowest BCUT2D eigenvalue weighted by atomic mass is 10.1. The van der Waals surface area contributed by atoms with E-state index in [4.69, 9.17) is 4.74 Å². The predicted molar refractivity (Wildman–Crippen MR) is 138 cm³/mol. The maximum absolute atomic E-state index is 5.51. The number of ether oxygens (including phenoxy) is 1. The van der Waals surface area contributed by atoms with Crippen LogP contribution in [0.4, 0.5) is 10.8 Å². The molecule has 0 spiro atoms. The fourth-order valence-corrected chi connectivity index (χ4v) is 4.71. The van der Waals surface area contributed by atoms with Gasteiger partial charge in [-0.2, -0.15) is 4.37 Å². The second-order valence-electron chi connectivity index (χ2n) is 7.45. The average molecular weight is 558 g/mol. The zero-order valence-electron chi connectivity index (χ0n) is 18.3. The molecule has 0 radical (unpaired) electrons. The topological polar surface area (TPSA) is 69.1 Å². The van der Waals surface area contributed by atoms with Crippen molar-refractivity contribution in [1.29, 1.82) is 0 Å². The minimum Gasteiger partial charge on any atom is -0.378 e. The first-order valence-electron chi connectivity index (χ1n) is 10.7. The number of aromatic nitrogens is 2. The summed E-state index contributed by atoms with van der Waals surface area (Å²) in [6.45, 7) is 10.0. The molecule has 0 bridgehead atoms. The number of anilines is 2. The quantitative estimate of drug-likeness (QED) is 0.344. The summed E-state index contributed by atoms with van der Waals surface area (Å²) in [5.74, 6) is 1.90. The summed E-state index contributed by atoms with van der Waals surface area (Å²) in [5.41, 5.74) is 2.58. The zero-order chi connectivity index (χ0) is 20.8. The van der Waals surface area contributed by atoms with Gasteiger partial charge in [-0.15, -0.1) is 24.0 Å².